The van der Waals surface area contributed by atoms with Crippen LogP contribution in [0.5, 0.6) is 0 Å². The number of hydrogen-bond donors (Lipinski definition) is 2. The van der Waals surface area contributed by atoms with Gasteiger partial charge in [-0.25, -0.2) is 8.42 Å². The lowest BCUT2D eigenvalue weighted by Crippen LogP contribution is -2.37. The van der Waals surface area contributed by atoms with Gasteiger partial charge in [0.15, 0.2) is 0 Å². The van der Waals surface area contributed by atoms with Crippen LogP contribution in [0.25, 0.3) is 0 Å². The third-order valence-electron chi connectivity index (χ3n) is 2.36. The van der Waals surface area contributed by atoms with Crippen molar-refractivity contribution in [3.63, 3.8) is 0 Å². The van der Waals surface area contributed by atoms with Crippen molar-refractivity contribution in [2.75, 3.05) is 25.6 Å². The van der Waals surface area contributed by atoms with Crippen LogP contribution in [0.3, 0.4) is 0 Å². The molecule has 0 bridgehead atoms. The summed E-state index contributed by atoms with van der Waals surface area (Å²) in [5.74, 6) is 0.297. The van der Waals surface area contributed by atoms with Gasteiger partial charge in [0.25, 0.3) is 0 Å². The van der Waals surface area contributed by atoms with Crippen molar-refractivity contribution in [1.29, 1.82) is 5.41 Å². The molecule has 0 fully saturated rings. The van der Waals surface area contributed by atoms with Gasteiger partial charge in [0.05, 0.1) is 11.6 Å². The van der Waals surface area contributed by atoms with Gasteiger partial charge in [-0.15, -0.1) is 0 Å². The fraction of sp³-hybridized carbons (Fsp3) is 0.889. The number of hydrogen-bond acceptors (Lipinski definition) is 4. The van der Waals surface area contributed by atoms with Crippen LogP contribution in [0, 0.1) is 5.41 Å². The molecular formula is C9H21N3O2S. The SMILES string of the molecule is CCC(CC(=N)N)N(C)CCS(C)(=O)=O. The van der Waals surface area contributed by atoms with Gasteiger partial charge in [0.2, 0.25) is 0 Å². The van der Waals surface area contributed by atoms with Crippen molar-refractivity contribution in [3.05, 3.63) is 0 Å². The van der Waals surface area contributed by atoms with E-state index in [1.54, 1.807) is 0 Å². The Hall–Kier alpha value is -0.620. The van der Waals surface area contributed by atoms with Gasteiger partial charge in [-0.1, -0.05) is 6.92 Å². The van der Waals surface area contributed by atoms with E-state index in [2.05, 4.69) is 0 Å². The third kappa shape index (κ3) is 7.33. The van der Waals surface area contributed by atoms with E-state index in [1.165, 1.54) is 6.26 Å². The lowest BCUT2D eigenvalue weighted by atomic mass is 10.1. The lowest BCUT2D eigenvalue weighted by molar-refractivity contribution is 0.254. The summed E-state index contributed by atoms with van der Waals surface area (Å²) in [6.45, 7) is 2.50. The van der Waals surface area contributed by atoms with Crippen molar-refractivity contribution >= 4 is 15.7 Å². The second-order valence-electron chi connectivity index (χ2n) is 3.90. The average molecular weight is 235 g/mol. The second-order valence-corrected chi connectivity index (χ2v) is 6.16. The third-order valence-corrected chi connectivity index (χ3v) is 3.29. The molecular weight excluding hydrogens is 214 g/mol. The summed E-state index contributed by atoms with van der Waals surface area (Å²) in [5.41, 5.74) is 5.33. The van der Waals surface area contributed by atoms with Crippen LogP contribution in [-0.4, -0.2) is 50.8 Å². The molecule has 0 aliphatic heterocycles. The molecule has 0 spiro atoms. The van der Waals surface area contributed by atoms with Crippen LogP contribution < -0.4 is 5.73 Å². The first-order valence-corrected chi connectivity index (χ1v) is 7.03. The van der Waals surface area contributed by atoms with Gasteiger partial charge in [-0.05, 0) is 13.5 Å². The summed E-state index contributed by atoms with van der Waals surface area (Å²) in [5, 5.41) is 7.21. The molecule has 90 valence electrons. The van der Waals surface area contributed by atoms with Gasteiger partial charge in [0, 0.05) is 25.3 Å². The van der Waals surface area contributed by atoms with E-state index in [0.717, 1.165) is 6.42 Å². The zero-order chi connectivity index (χ0) is 12.1. The minimum absolute atomic E-state index is 0.146. The molecule has 15 heavy (non-hydrogen) atoms. The maximum absolute atomic E-state index is 11.0. The molecule has 1 unspecified atom stereocenters. The molecule has 0 aromatic rings. The Morgan fingerprint density at radius 3 is 2.40 bits per heavy atom. The van der Waals surface area contributed by atoms with E-state index in [4.69, 9.17) is 11.1 Å². The molecule has 0 amide bonds. The summed E-state index contributed by atoms with van der Waals surface area (Å²) in [6, 6.07) is 0.157. The largest absolute Gasteiger partial charge is 0.388 e. The summed E-state index contributed by atoms with van der Waals surface area (Å²) < 4.78 is 22.0. The summed E-state index contributed by atoms with van der Waals surface area (Å²) in [4.78, 5) is 1.95. The number of rotatable bonds is 7. The first kappa shape index (κ1) is 14.4. The molecule has 0 aromatic heterocycles. The van der Waals surface area contributed by atoms with Crippen molar-refractivity contribution in [3.8, 4) is 0 Å². The summed E-state index contributed by atoms with van der Waals surface area (Å²) >= 11 is 0. The molecule has 0 saturated heterocycles. The van der Waals surface area contributed by atoms with Gasteiger partial charge in [0.1, 0.15) is 9.84 Å². The molecule has 0 heterocycles. The standard InChI is InChI=1S/C9H21N3O2S/c1-4-8(7-9(10)11)12(2)5-6-15(3,13)14/h8H,4-7H2,1-3H3,(H3,10,11). The Kier molecular flexibility index (Phi) is 5.82. The molecule has 0 aliphatic carbocycles. The second kappa shape index (κ2) is 6.07. The van der Waals surface area contributed by atoms with Gasteiger partial charge < -0.3 is 10.6 Å². The van der Waals surface area contributed by atoms with Crippen molar-refractivity contribution in [2.24, 2.45) is 5.73 Å². The number of sulfone groups is 1. The predicted molar refractivity (Wildman–Crippen MR) is 63.0 cm³/mol. The maximum atomic E-state index is 11.0. The van der Waals surface area contributed by atoms with Crippen LogP contribution in [0.4, 0.5) is 0 Å². The first-order valence-electron chi connectivity index (χ1n) is 4.97. The zero-order valence-electron chi connectivity index (χ0n) is 9.66. The Labute approximate surface area is 92.1 Å². The smallest absolute Gasteiger partial charge is 0.148 e. The Bertz CT molecular complexity index is 300. The van der Waals surface area contributed by atoms with E-state index in [-0.39, 0.29) is 17.6 Å². The highest BCUT2D eigenvalue weighted by Gasteiger charge is 2.15. The minimum Gasteiger partial charge on any atom is -0.388 e. The molecule has 0 radical (unpaired) electrons. The Morgan fingerprint density at radius 2 is 2.07 bits per heavy atom. The van der Waals surface area contributed by atoms with Crippen LogP contribution in [0.2, 0.25) is 0 Å². The lowest BCUT2D eigenvalue weighted by Gasteiger charge is -2.26. The Balaban J connectivity index is 4.15. The highest BCUT2D eigenvalue weighted by molar-refractivity contribution is 7.90. The number of nitrogens with one attached hydrogen (secondary N) is 1. The van der Waals surface area contributed by atoms with E-state index < -0.39 is 9.84 Å². The number of nitrogens with two attached hydrogens (primary N) is 1. The molecule has 0 saturated carbocycles. The van der Waals surface area contributed by atoms with E-state index in [9.17, 15) is 8.42 Å². The summed E-state index contributed by atoms with van der Waals surface area (Å²) in [7, 11) is -1.05. The van der Waals surface area contributed by atoms with Crippen molar-refractivity contribution in [1.82, 2.24) is 4.90 Å². The van der Waals surface area contributed by atoms with Gasteiger partial charge >= 0.3 is 0 Å². The normalized spacial score (nSPS) is 14.1. The molecule has 6 heteroatoms. The van der Waals surface area contributed by atoms with Crippen LogP contribution in [0.1, 0.15) is 19.8 Å². The van der Waals surface area contributed by atoms with E-state index >= 15 is 0 Å². The molecule has 5 nitrogen and oxygen atoms in total. The van der Waals surface area contributed by atoms with E-state index in [0.29, 0.717) is 13.0 Å². The highest BCUT2D eigenvalue weighted by atomic mass is 32.2. The minimum atomic E-state index is -2.92. The number of amidine groups is 1. The molecule has 1 atom stereocenters. The number of nitrogens with zero attached hydrogens (tertiary/aromatic N) is 1. The maximum Gasteiger partial charge on any atom is 0.148 e. The summed E-state index contributed by atoms with van der Waals surface area (Å²) in [6.07, 6.45) is 2.59. The van der Waals surface area contributed by atoms with Crippen LogP contribution in [-0.2, 0) is 9.84 Å². The topological polar surface area (TPSA) is 87.2 Å². The van der Waals surface area contributed by atoms with Crippen LogP contribution in [0.15, 0.2) is 0 Å². The van der Waals surface area contributed by atoms with Gasteiger partial charge in [-0.2, -0.15) is 0 Å². The highest BCUT2D eigenvalue weighted by Crippen LogP contribution is 2.06. The quantitative estimate of drug-likeness (QED) is 0.483. The Morgan fingerprint density at radius 1 is 1.53 bits per heavy atom. The molecule has 0 aromatic carbocycles. The fourth-order valence-electron chi connectivity index (χ4n) is 1.36. The van der Waals surface area contributed by atoms with E-state index in [1.807, 2.05) is 18.9 Å². The first-order chi connectivity index (χ1) is 6.76. The van der Waals surface area contributed by atoms with Gasteiger partial charge in [-0.3, -0.25) is 5.41 Å². The molecule has 0 rings (SSSR count). The predicted octanol–water partition coefficient (Wildman–Crippen LogP) is 0.0675. The molecule has 3 N–H and O–H groups in total. The average Bonchev–Trinajstić information content (AvgIpc) is 2.08. The van der Waals surface area contributed by atoms with Crippen LogP contribution >= 0.6 is 0 Å². The molecule has 0 aliphatic rings. The fourth-order valence-corrected chi connectivity index (χ4v) is 1.98. The van der Waals surface area contributed by atoms with Crippen molar-refractivity contribution in [2.45, 2.75) is 25.8 Å². The monoisotopic (exact) mass is 235 g/mol. The van der Waals surface area contributed by atoms with Crippen molar-refractivity contribution < 1.29 is 8.42 Å². The zero-order valence-corrected chi connectivity index (χ0v) is 10.5.